The van der Waals surface area contributed by atoms with Crippen LogP contribution in [0.1, 0.15) is 37.4 Å². The van der Waals surface area contributed by atoms with Crippen LogP contribution in [0.25, 0.3) is 6.08 Å². The topological polar surface area (TPSA) is 103 Å². The van der Waals surface area contributed by atoms with Crippen molar-refractivity contribution in [3.8, 4) is 0 Å². The Hall–Kier alpha value is -3.28. The molecule has 6 nitrogen and oxygen atoms in total. The Morgan fingerprint density at radius 1 is 0.955 bits per heavy atom. The number of nitro benzene ring substituents is 1. The zero-order chi connectivity index (χ0) is 15.9. The summed E-state index contributed by atoms with van der Waals surface area (Å²) in [4.78, 5) is 35.8. The summed E-state index contributed by atoms with van der Waals surface area (Å²) in [5.74, 6) is -0.916. The van der Waals surface area contributed by atoms with Crippen LogP contribution in [-0.4, -0.2) is 16.5 Å². The lowest BCUT2D eigenvalue weighted by atomic mass is 9.82. The Balaban J connectivity index is 2.38. The van der Waals surface area contributed by atoms with Gasteiger partial charge in [0, 0.05) is 16.7 Å². The van der Waals surface area contributed by atoms with Crippen molar-refractivity contribution in [2.75, 3.05) is 0 Å². The molecule has 0 heterocycles. The molecule has 1 aliphatic carbocycles. The van der Waals surface area contributed by atoms with Crippen molar-refractivity contribution in [3.05, 3.63) is 80.5 Å². The largest absolute Gasteiger partial charge is 0.405 e. The molecule has 22 heavy (non-hydrogen) atoms. The van der Waals surface area contributed by atoms with Crippen molar-refractivity contribution in [3.63, 3.8) is 0 Å². The summed E-state index contributed by atoms with van der Waals surface area (Å²) < 4.78 is 0. The van der Waals surface area contributed by atoms with Gasteiger partial charge in [-0.05, 0) is 24.4 Å². The van der Waals surface area contributed by atoms with Crippen molar-refractivity contribution < 1.29 is 14.5 Å². The fourth-order valence-electron chi connectivity index (χ4n) is 2.62. The Morgan fingerprint density at radius 2 is 1.59 bits per heavy atom. The number of nitrogens with zero attached hydrogens (tertiary/aromatic N) is 1. The molecule has 0 aromatic heterocycles. The first-order chi connectivity index (χ1) is 10.6. The monoisotopic (exact) mass is 294 g/mol. The van der Waals surface area contributed by atoms with Crippen molar-refractivity contribution in [2.24, 2.45) is 5.73 Å². The minimum Gasteiger partial charge on any atom is -0.405 e. The highest BCUT2D eigenvalue weighted by Gasteiger charge is 2.36. The number of carbonyl (C=O) groups excluding carboxylic acids is 2. The first kappa shape index (κ1) is 13.7. The third-order valence-corrected chi connectivity index (χ3v) is 3.56. The van der Waals surface area contributed by atoms with Gasteiger partial charge in [-0.3, -0.25) is 19.7 Å². The number of nitro groups is 1. The molecule has 2 N–H and O–H groups in total. The molecule has 2 aromatic rings. The van der Waals surface area contributed by atoms with Gasteiger partial charge < -0.3 is 5.73 Å². The molecular formula is C16H10N2O4. The van der Waals surface area contributed by atoms with Crippen LogP contribution in [0.2, 0.25) is 0 Å². The third-order valence-electron chi connectivity index (χ3n) is 3.56. The molecule has 2 aromatic carbocycles. The van der Waals surface area contributed by atoms with E-state index in [9.17, 15) is 19.7 Å². The van der Waals surface area contributed by atoms with Gasteiger partial charge in [-0.25, -0.2) is 0 Å². The summed E-state index contributed by atoms with van der Waals surface area (Å²) >= 11 is 0. The average molecular weight is 294 g/mol. The molecule has 0 radical (unpaired) electrons. The molecule has 108 valence electrons. The van der Waals surface area contributed by atoms with Gasteiger partial charge in [-0.1, -0.05) is 24.3 Å². The predicted octanol–water partition coefficient (Wildman–Crippen LogP) is 2.30. The van der Waals surface area contributed by atoms with Crippen LogP contribution in [0.15, 0.2) is 42.6 Å². The van der Waals surface area contributed by atoms with E-state index in [0.29, 0.717) is 0 Å². The second kappa shape index (κ2) is 4.92. The van der Waals surface area contributed by atoms with E-state index >= 15 is 0 Å². The third kappa shape index (κ3) is 1.81. The molecular weight excluding hydrogens is 284 g/mol. The Labute approximate surface area is 125 Å². The Kier molecular flexibility index (Phi) is 3.06. The molecule has 3 rings (SSSR count). The standard InChI is InChI=1S/C16H10N2O4/c17-8-7-9-5-6-12-13(14(9)18(21)22)16(20)11-4-2-1-3-10(11)15(12)19/h1-8H,17H2. The van der Waals surface area contributed by atoms with Gasteiger partial charge in [0.2, 0.25) is 5.78 Å². The minimum atomic E-state index is -0.659. The lowest BCUT2D eigenvalue weighted by molar-refractivity contribution is -0.385. The van der Waals surface area contributed by atoms with Crippen LogP contribution in [0.5, 0.6) is 0 Å². The number of nitrogens with two attached hydrogens (primary N) is 1. The highest BCUT2D eigenvalue weighted by Crippen LogP contribution is 2.35. The molecule has 0 atom stereocenters. The number of carbonyl (C=O) groups is 2. The highest BCUT2D eigenvalue weighted by atomic mass is 16.6. The van der Waals surface area contributed by atoms with Gasteiger partial charge in [-0.2, -0.15) is 0 Å². The molecule has 0 fully saturated rings. The van der Waals surface area contributed by atoms with Crippen molar-refractivity contribution in [1.82, 2.24) is 0 Å². The highest BCUT2D eigenvalue weighted by molar-refractivity contribution is 6.30. The van der Waals surface area contributed by atoms with Crippen molar-refractivity contribution in [2.45, 2.75) is 0 Å². The number of fused-ring (bicyclic) bond motifs is 2. The van der Waals surface area contributed by atoms with Crippen LogP contribution in [0.4, 0.5) is 5.69 Å². The summed E-state index contributed by atoms with van der Waals surface area (Å²) in [6, 6.07) is 9.14. The molecule has 1 aliphatic rings. The van der Waals surface area contributed by atoms with Crippen LogP contribution in [0, 0.1) is 10.1 Å². The van der Waals surface area contributed by atoms with Crippen molar-refractivity contribution >= 4 is 23.3 Å². The normalized spacial score (nSPS) is 13.1. The van der Waals surface area contributed by atoms with Crippen LogP contribution >= 0.6 is 0 Å². The van der Waals surface area contributed by atoms with E-state index in [1.54, 1.807) is 12.1 Å². The zero-order valence-corrected chi connectivity index (χ0v) is 11.3. The lowest BCUT2D eigenvalue weighted by Crippen LogP contribution is -2.22. The fraction of sp³-hybridized carbons (Fsp3) is 0. The van der Waals surface area contributed by atoms with Gasteiger partial charge in [0.1, 0.15) is 5.56 Å². The predicted molar refractivity (Wildman–Crippen MR) is 79.6 cm³/mol. The van der Waals surface area contributed by atoms with Gasteiger partial charge in [0.25, 0.3) is 5.69 Å². The molecule has 0 amide bonds. The smallest absolute Gasteiger partial charge is 0.288 e. The lowest BCUT2D eigenvalue weighted by Gasteiger charge is -2.17. The van der Waals surface area contributed by atoms with Crippen molar-refractivity contribution in [1.29, 1.82) is 0 Å². The van der Waals surface area contributed by atoms with Crippen LogP contribution in [-0.2, 0) is 0 Å². The van der Waals surface area contributed by atoms with E-state index in [0.717, 1.165) is 6.20 Å². The van der Waals surface area contributed by atoms with Crippen LogP contribution in [0.3, 0.4) is 0 Å². The number of benzene rings is 2. The first-order valence-electron chi connectivity index (χ1n) is 6.44. The van der Waals surface area contributed by atoms with Crippen LogP contribution < -0.4 is 5.73 Å². The summed E-state index contributed by atoms with van der Waals surface area (Å²) in [7, 11) is 0. The molecule has 0 bridgehead atoms. The van der Waals surface area contributed by atoms with E-state index in [2.05, 4.69) is 0 Å². The first-order valence-corrected chi connectivity index (χ1v) is 6.44. The van der Waals surface area contributed by atoms with Gasteiger partial charge in [0.15, 0.2) is 5.78 Å². The van der Waals surface area contributed by atoms with E-state index in [4.69, 9.17) is 5.73 Å². The number of rotatable bonds is 2. The second-order valence-electron chi connectivity index (χ2n) is 4.75. The summed E-state index contributed by atoms with van der Waals surface area (Å²) in [6.45, 7) is 0. The molecule has 0 saturated heterocycles. The quantitative estimate of drug-likeness (QED) is 0.577. The Morgan fingerprint density at radius 3 is 2.18 bits per heavy atom. The molecule has 0 unspecified atom stereocenters. The minimum absolute atomic E-state index is 0.0459. The second-order valence-corrected chi connectivity index (χ2v) is 4.75. The fourth-order valence-corrected chi connectivity index (χ4v) is 2.62. The van der Waals surface area contributed by atoms with E-state index in [1.165, 1.54) is 30.3 Å². The molecule has 0 spiro atoms. The molecule has 6 heteroatoms. The van der Waals surface area contributed by atoms with E-state index in [1.807, 2.05) is 0 Å². The SMILES string of the molecule is NC=Cc1ccc2c(c1[N+](=O)[O-])C(=O)c1ccccc1C2=O. The maximum Gasteiger partial charge on any atom is 0.288 e. The summed E-state index contributed by atoms with van der Waals surface area (Å²) in [5, 5.41) is 11.4. The zero-order valence-electron chi connectivity index (χ0n) is 11.3. The maximum atomic E-state index is 12.6. The summed E-state index contributed by atoms with van der Waals surface area (Å²) in [6.07, 6.45) is 2.48. The molecule has 0 saturated carbocycles. The van der Waals surface area contributed by atoms with Gasteiger partial charge in [-0.15, -0.1) is 0 Å². The average Bonchev–Trinajstić information content (AvgIpc) is 2.52. The number of hydrogen-bond acceptors (Lipinski definition) is 5. The molecule has 0 aliphatic heterocycles. The summed E-state index contributed by atoms with van der Waals surface area (Å²) in [5.41, 5.74) is 5.39. The van der Waals surface area contributed by atoms with Gasteiger partial charge in [0.05, 0.1) is 10.5 Å². The maximum absolute atomic E-state index is 12.6. The van der Waals surface area contributed by atoms with E-state index < -0.39 is 22.2 Å². The Bertz CT molecular complexity index is 868. The number of ketones is 2. The number of hydrogen-bond donors (Lipinski definition) is 1. The van der Waals surface area contributed by atoms with Gasteiger partial charge >= 0.3 is 0 Å². The van der Waals surface area contributed by atoms with E-state index in [-0.39, 0.29) is 27.8 Å².